The summed E-state index contributed by atoms with van der Waals surface area (Å²) in [6, 6.07) is 4.53. The third-order valence-corrected chi connectivity index (χ3v) is 3.14. The van der Waals surface area contributed by atoms with E-state index in [-0.39, 0.29) is 5.13 Å². The number of anilines is 1. The van der Waals surface area contributed by atoms with Gasteiger partial charge in [-0.15, -0.1) is 5.10 Å². The van der Waals surface area contributed by atoms with Crippen LogP contribution in [0.4, 0.5) is 18.3 Å². The first kappa shape index (κ1) is 13.7. The van der Waals surface area contributed by atoms with Crippen molar-refractivity contribution in [3.63, 3.8) is 0 Å². The van der Waals surface area contributed by atoms with Gasteiger partial charge in [0.1, 0.15) is 0 Å². The summed E-state index contributed by atoms with van der Waals surface area (Å²) in [6.07, 6.45) is -4.59. The minimum atomic E-state index is -4.59. The van der Waals surface area contributed by atoms with E-state index in [1.54, 1.807) is 0 Å². The number of aromatic nitrogens is 2. The molecule has 19 heavy (non-hydrogen) atoms. The quantitative estimate of drug-likeness (QED) is 0.835. The molecule has 0 unspecified atom stereocenters. The first-order valence-corrected chi connectivity index (χ1v) is 6.13. The average Bonchev–Trinajstić information content (AvgIpc) is 2.73. The highest BCUT2D eigenvalue weighted by Gasteiger charge is 2.34. The fourth-order valence-corrected chi connectivity index (χ4v) is 2.16. The Bertz CT molecular complexity index is 662. The number of hydrogen-bond acceptors (Lipinski definition) is 4. The van der Waals surface area contributed by atoms with Crippen LogP contribution in [0.5, 0.6) is 0 Å². The Balaban J connectivity index is 2.32. The summed E-state index contributed by atoms with van der Waals surface area (Å²) >= 11 is 5.72. The Hall–Kier alpha value is -1.74. The van der Waals surface area contributed by atoms with E-state index < -0.39 is 23.2 Å². The van der Waals surface area contributed by atoms with Crippen LogP contribution in [0.1, 0.15) is 15.9 Å². The number of aromatic amines is 1. The van der Waals surface area contributed by atoms with E-state index in [0.717, 1.165) is 23.5 Å². The Morgan fingerprint density at radius 2 is 2.05 bits per heavy atom. The molecule has 0 radical (unpaired) electrons. The highest BCUT2D eigenvalue weighted by Crippen LogP contribution is 2.32. The number of H-pyrrole nitrogens is 1. The van der Waals surface area contributed by atoms with Gasteiger partial charge in [0.2, 0.25) is 5.13 Å². The molecule has 1 aromatic carbocycles. The van der Waals surface area contributed by atoms with E-state index in [2.05, 4.69) is 15.5 Å². The zero-order valence-electron chi connectivity index (χ0n) is 9.12. The van der Waals surface area contributed by atoms with Gasteiger partial charge in [-0.05, 0) is 24.4 Å². The molecule has 0 saturated heterocycles. The minimum Gasteiger partial charge on any atom is -0.296 e. The number of nitrogens with one attached hydrogen (secondary N) is 2. The second kappa shape index (κ2) is 5.10. The fraction of sp³-hybridized carbons (Fsp3) is 0.100. The second-order valence-electron chi connectivity index (χ2n) is 3.42. The zero-order valence-corrected chi connectivity index (χ0v) is 10.7. The number of carbonyl (C=O) groups excluding carboxylic acids is 1. The van der Waals surface area contributed by atoms with Gasteiger partial charge in [0.25, 0.3) is 5.91 Å². The molecule has 0 aliphatic heterocycles. The van der Waals surface area contributed by atoms with Gasteiger partial charge in [0.15, 0.2) is 3.95 Å². The summed E-state index contributed by atoms with van der Waals surface area (Å²) in [5.41, 5.74) is -1.46. The number of benzene rings is 1. The lowest BCUT2D eigenvalue weighted by Gasteiger charge is -2.11. The molecular weight excluding hydrogens is 299 g/mol. The van der Waals surface area contributed by atoms with Gasteiger partial charge in [-0.3, -0.25) is 15.2 Å². The third kappa shape index (κ3) is 3.18. The van der Waals surface area contributed by atoms with Gasteiger partial charge >= 0.3 is 6.18 Å². The van der Waals surface area contributed by atoms with E-state index in [4.69, 9.17) is 12.2 Å². The zero-order chi connectivity index (χ0) is 14.0. The van der Waals surface area contributed by atoms with Crippen LogP contribution in [0, 0.1) is 3.95 Å². The molecule has 0 saturated carbocycles. The molecule has 0 fully saturated rings. The predicted octanol–water partition coefficient (Wildman–Crippen LogP) is 3.47. The third-order valence-electron chi connectivity index (χ3n) is 2.14. The summed E-state index contributed by atoms with van der Waals surface area (Å²) in [5.74, 6) is -0.884. The molecule has 2 rings (SSSR count). The van der Waals surface area contributed by atoms with Gasteiger partial charge < -0.3 is 0 Å². The van der Waals surface area contributed by atoms with E-state index in [9.17, 15) is 18.0 Å². The van der Waals surface area contributed by atoms with Crippen LogP contribution in [-0.2, 0) is 6.18 Å². The molecular formula is C10H6F3N3OS2. The molecule has 1 aromatic heterocycles. The molecule has 9 heteroatoms. The van der Waals surface area contributed by atoms with E-state index in [0.29, 0.717) is 3.95 Å². The molecule has 2 aromatic rings. The number of carbonyl (C=O) groups is 1. The highest BCUT2D eigenvalue weighted by molar-refractivity contribution is 7.73. The van der Waals surface area contributed by atoms with Crippen LogP contribution in [0.3, 0.4) is 0 Å². The van der Waals surface area contributed by atoms with Crippen molar-refractivity contribution < 1.29 is 18.0 Å². The second-order valence-corrected chi connectivity index (χ2v) is 5.08. The predicted molar refractivity (Wildman–Crippen MR) is 66.7 cm³/mol. The lowest BCUT2D eigenvalue weighted by Crippen LogP contribution is -2.18. The van der Waals surface area contributed by atoms with Crippen molar-refractivity contribution in [3.8, 4) is 0 Å². The highest BCUT2D eigenvalue weighted by atomic mass is 32.1. The number of hydrogen-bond donors (Lipinski definition) is 2. The van der Waals surface area contributed by atoms with Crippen LogP contribution in [0.2, 0.25) is 0 Å². The molecule has 0 aliphatic rings. The summed E-state index contributed by atoms with van der Waals surface area (Å²) < 4.78 is 38.5. The van der Waals surface area contributed by atoms with Gasteiger partial charge in [-0.25, -0.2) is 0 Å². The maximum absolute atomic E-state index is 12.7. The van der Waals surface area contributed by atoms with Crippen molar-refractivity contribution >= 4 is 34.6 Å². The standard InChI is InChI=1S/C10H6F3N3OS2/c11-10(12,13)6-4-2-1-3-5(6)7(17)14-8-15-16-9(18)19-8/h1-4H,(H,16,18)(H,14,15,17). The smallest absolute Gasteiger partial charge is 0.296 e. The van der Waals surface area contributed by atoms with Gasteiger partial charge in [0, 0.05) is 0 Å². The maximum Gasteiger partial charge on any atom is 0.417 e. The lowest BCUT2D eigenvalue weighted by molar-refractivity contribution is -0.137. The molecule has 0 atom stereocenters. The van der Waals surface area contributed by atoms with Crippen molar-refractivity contribution in [2.75, 3.05) is 5.32 Å². The Kier molecular flexibility index (Phi) is 3.67. The first-order valence-electron chi connectivity index (χ1n) is 4.91. The van der Waals surface area contributed by atoms with Crippen LogP contribution >= 0.6 is 23.6 Å². The number of rotatable bonds is 2. The molecule has 4 nitrogen and oxygen atoms in total. The molecule has 2 N–H and O–H groups in total. The van der Waals surface area contributed by atoms with Crippen LogP contribution < -0.4 is 5.32 Å². The minimum absolute atomic E-state index is 0.118. The van der Waals surface area contributed by atoms with Crippen LogP contribution in [-0.4, -0.2) is 16.1 Å². The van der Waals surface area contributed by atoms with Crippen LogP contribution in [0.15, 0.2) is 24.3 Å². The molecule has 0 aliphatic carbocycles. The molecule has 0 bridgehead atoms. The van der Waals surface area contributed by atoms with Gasteiger partial charge in [0.05, 0.1) is 11.1 Å². The SMILES string of the molecule is O=C(Nc1n[nH]c(=S)s1)c1ccccc1C(F)(F)F. The van der Waals surface area contributed by atoms with Crippen LogP contribution in [0.25, 0.3) is 0 Å². The Labute approximate surface area is 114 Å². The summed E-state index contributed by atoms with van der Waals surface area (Å²) in [4.78, 5) is 11.8. The van der Waals surface area contributed by atoms with E-state index in [1.807, 2.05) is 0 Å². The molecule has 100 valence electrons. The van der Waals surface area contributed by atoms with Crippen molar-refractivity contribution in [1.29, 1.82) is 0 Å². The fourth-order valence-electron chi connectivity index (χ4n) is 1.38. The Morgan fingerprint density at radius 1 is 1.37 bits per heavy atom. The van der Waals surface area contributed by atoms with E-state index in [1.165, 1.54) is 12.1 Å². The number of halogens is 3. The first-order chi connectivity index (χ1) is 8.88. The summed E-state index contributed by atoms with van der Waals surface area (Å²) in [6.45, 7) is 0. The van der Waals surface area contributed by atoms with Crippen molar-refractivity contribution in [2.24, 2.45) is 0 Å². The molecule has 1 amide bonds. The lowest BCUT2D eigenvalue weighted by atomic mass is 10.1. The monoisotopic (exact) mass is 305 g/mol. The largest absolute Gasteiger partial charge is 0.417 e. The number of amides is 1. The number of nitrogens with zero attached hydrogens (tertiary/aromatic N) is 1. The van der Waals surface area contributed by atoms with Crippen molar-refractivity contribution in [1.82, 2.24) is 10.2 Å². The summed E-state index contributed by atoms with van der Waals surface area (Å²) in [5, 5.41) is 8.45. The average molecular weight is 305 g/mol. The maximum atomic E-state index is 12.7. The number of alkyl halides is 3. The molecule has 1 heterocycles. The summed E-state index contributed by atoms with van der Waals surface area (Å²) in [7, 11) is 0. The van der Waals surface area contributed by atoms with Crippen molar-refractivity contribution in [2.45, 2.75) is 6.18 Å². The topological polar surface area (TPSA) is 57.8 Å². The van der Waals surface area contributed by atoms with E-state index >= 15 is 0 Å². The van der Waals surface area contributed by atoms with Crippen molar-refractivity contribution in [3.05, 3.63) is 39.3 Å². The van der Waals surface area contributed by atoms with Gasteiger partial charge in [-0.1, -0.05) is 23.5 Å². The Morgan fingerprint density at radius 3 is 2.63 bits per heavy atom. The van der Waals surface area contributed by atoms with Gasteiger partial charge in [-0.2, -0.15) is 13.2 Å². The molecule has 0 spiro atoms. The normalized spacial score (nSPS) is 11.3.